The van der Waals surface area contributed by atoms with Crippen molar-refractivity contribution in [1.82, 2.24) is 49.4 Å². The van der Waals surface area contributed by atoms with Crippen LogP contribution in [0.25, 0.3) is 22.3 Å². The number of aromatic nitrogens is 5. The van der Waals surface area contributed by atoms with Gasteiger partial charge in [0, 0.05) is 107 Å². The number of carbonyl (C=O) groups excluding carboxylic acids is 3. The Balaban J connectivity index is 0.732. The summed E-state index contributed by atoms with van der Waals surface area (Å²) in [6.45, 7) is 16.2. The van der Waals surface area contributed by atoms with E-state index in [0.717, 1.165) is 95.0 Å². The van der Waals surface area contributed by atoms with Gasteiger partial charge in [0.05, 0.1) is 31.1 Å². The van der Waals surface area contributed by atoms with Crippen molar-refractivity contribution >= 4 is 46.2 Å². The van der Waals surface area contributed by atoms with Gasteiger partial charge < -0.3 is 24.4 Å². The monoisotopic (exact) mass is 862 g/mol. The number of nitrogens with zero attached hydrogens (tertiary/aromatic N) is 10. The summed E-state index contributed by atoms with van der Waals surface area (Å²) in [6, 6.07) is 10.0. The Morgan fingerprint density at radius 1 is 0.873 bits per heavy atom. The average molecular weight is 863 g/mol. The highest BCUT2D eigenvalue weighted by molar-refractivity contribution is 6.06. The summed E-state index contributed by atoms with van der Waals surface area (Å²) in [4.78, 5) is 66.4. The van der Waals surface area contributed by atoms with Crippen molar-refractivity contribution in [3.63, 3.8) is 0 Å². The standard InChI is InChI=1S/C45H52F2N12O4/c1-27(2)59-28(3)50-41-33(46)21-30(22-37(41)59)40-34(47)24-49-45(53-40)51-38-9-5-29(23-48-38)25-56-15-13-54(14-16-56)11-12-55-17-19-57(20-18-55)35-7-6-31-32(42(35)63-4)26-58(44(31)62)36-8-10-39(60)52-43(36)61/h5-7,9,21-24,27,36H,8,10-20,25-26H2,1-4H3,(H,52,60,61)(H,48,49,51,53). The van der Waals surface area contributed by atoms with Gasteiger partial charge in [-0.3, -0.25) is 34.4 Å². The van der Waals surface area contributed by atoms with E-state index in [9.17, 15) is 14.4 Å². The molecule has 0 radical (unpaired) electrons. The molecule has 0 saturated carbocycles. The Kier molecular flexibility index (Phi) is 11.8. The zero-order valence-corrected chi connectivity index (χ0v) is 36.0. The maximum Gasteiger partial charge on any atom is 0.255 e. The zero-order chi connectivity index (χ0) is 43.9. The number of piperazine rings is 2. The molecule has 0 aliphatic carbocycles. The third kappa shape index (κ3) is 8.54. The molecule has 63 heavy (non-hydrogen) atoms. The molecule has 7 heterocycles. The molecule has 4 aliphatic heterocycles. The lowest BCUT2D eigenvalue weighted by Gasteiger charge is -2.39. The number of imide groups is 1. The Labute approximate surface area is 364 Å². The van der Waals surface area contributed by atoms with Crippen LogP contribution in [-0.4, -0.2) is 140 Å². The van der Waals surface area contributed by atoms with E-state index >= 15 is 8.78 Å². The van der Waals surface area contributed by atoms with Crippen molar-refractivity contribution < 1.29 is 27.9 Å². The number of anilines is 3. The van der Waals surface area contributed by atoms with Crippen molar-refractivity contribution in [2.45, 2.75) is 58.8 Å². The summed E-state index contributed by atoms with van der Waals surface area (Å²) in [5.41, 5.74) is 4.47. The van der Waals surface area contributed by atoms with Gasteiger partial charge in [-0.05, 0) is 63.1 Å². The van der Waals surface area contributed by atoms with Gasteiger partial charge in [0.25, 0.3) is 5.91 Å². The first-order valence-electron chi connectivity index (χ1n) is 21.6. The molecule has 18 heteroatoms. The molecule has 0 bridgehead atoms. The topological polar surface area (TPSA) is 157 Å². The number of rotatable bonds is 12. The van der Waals surface area contributed by atoms with E-state index in [1.807, 2.05) is 55.8 Å². The van der Waals surface area contributed by atoms with Crippen LogP contribution in [0.4, 0.5) is 26.2 Å². The van der Waals surface area contributed by atoms with Crippen molar-refractivity contribution in [1.29, 1.82) is 0 Å². The molecule has 0 spiro atoms. The van der Waals surface area contributed by atoms with Crippen LogP contribution in [0, 0.1) is 18.6 Å². The van der Waals surface area contributed by atoms with Gasteiger partial charge in [0.2, 0.25) is 17.8 Å². The van der Waals surface area contributed by atoms with E-state index < -0.39 is 23.6 Å². The number of aryl methyl sites for hydroxylation is 1. The van der Waals surface area contributed by atoms with Crippen LogP contribution in [0.1, 0.15) is 60.0 Å². The number of pyridine rings is 1. The number of piperidine rings is 1. The second kappa shape index (κ2) is 17.6. The number of methoxy groups -OCH3 is 1. The number of benzene rings is 2. The minimum Gasteiger partial charge on any atom is -0.494 e. The maximum atomic E-state index is 15.2. The predicted molar refractivity (Wildman–Crippen MR) is 233 cm³/mol. The number of hydrogen-bond donors (Lipinski definition) is 2. The number of imidazole rings is 1. The molecular weight excluding hydrogens is 811 g/mol. The van der Waals surface area contributed by atoms with E-state index in [2.05, 4.69) is 50.2 Å². The van der Waals surface area contributed by atoms with Gasteiger partial charge >= 0.3 is 0 Å². The number of fused-ring (bicyclic) bond motifs is 2. The summed E-state index contributed by atoms with van der Waals surface area (Å²) in [5.74, 6) is -0.114. The van der Waals surface area contributed by atoms with Crippen LogP contribution in [0.3, 0.4) is 0 Å². The van der Waals surface area contributed by atoms with Crippen LogP contribution in [0.2, 0.25) is 0 Å². The molecule has 2 aromatic carbocycles. The van der Waals surface area contributed by atoms with Crippen LogP contribution in [-0.2, 0) is 22.7 Å². The first-order chi connectivity index (χ1) is 30.4. The number of hydrogen-bond acceptors (Lipinski definition) is 13. The van der Waals surface area contributed by atoms with Crippen LogP contribution >= 0.6 is 0 Å². The molecular formula is C45H52F2N12O4. The van der Waals surface area contributed by atoms with Crippen molar-refractivity contribution in [2.75, 3.05) is 82.8 Å². The van der Waals surface area contributed by atoms with Gasteiger partial charge in [0.15, 0.2) is 11.6 Å². The van der Waals surface area contributed by atoms with Gasteiger partial charge in [-0.15, -0.1) is 0 Å². The van der Waals surface area contributed by atoms with Gasteiger partial charge in [-0.2, -0.15) is 0 Å². The quantitative estimate of drug-likeness (QED) is 0.169. The molecule has 1 unspecified atom stereocenters. The Morgan fingerprint density at radius 2 is 1.60 bits per heavy atom. The zero-order valence-electron chi connectivity index (χ0n) is 36.0. The largest absolute Gasteiger partial charge is 0.494 e. The molecule has 5 aromatic rings. The Bertz CT molecular complexity index is 2550. The van der Waals surface area contributed by atoms with Gasteiger partial charge in [-0.25, -0.2) is 28.7 Å². The fourth-order valence-corrected chi connectivity index (χ4v) is 9.40. The van der Waals surface area contributed by atoms with Crippen LogP contribution in [0.5, 0.6) is 5.75 Å². The van der Waals surface area contributed by atoms with E-state index in [4.69, 9.17) is 4.74 Å². The first-order valence-corrected chi connectivity index (χ1v) is 21.6. The summed E-state index contributed by atoms with van der Waals surface area (Å²) in [7, 11) is 1.63. The minimum absolute atomic E-state index is 0.0167. The predicted octanol–water partition coefficient (Wildman–Crippen LogP) is 4.51. The van der Waals surface area contributed by atoms with Crippen molar-refractivity contribution in [2.24, 2.45) is 0 Å². The highest BCUT2D eigenvalue weighted by atomic mass is 19.1. The van der Waals surface area contributed by atoms with Gasteiger partial charge in [-0.1, -0.05) is 6.07 Å². The highest BCUT2D eigenvalue weighted by Crippen LogP contribution is 2.40. The molecule has 3 aromatic heterocycles. The normalized spacial score (nSPS) is 19.0. The third-order valence-electron chi connectivity index (χ3n) is 12.7. The second-order valence-electron chi connectivity index (χ2n) is 17.0. The molecule has 3 saturated heterocycles. The summed E-state index contributed by atoms with van der Waals surface area (Å²) < 4.78 is 38.0. The molecule has 9 rings (SSSR count). The molecule has 2 N–H and O–H groups in total. The van der Waals surface area contributed by atoms with E-state index in [1.165, 1.54) is 6.07 Å². The molecule has 16 nitrogen and oxygen atoms in total. The number of ether oxygens (including phenoxy) is 1. The van der Waals surface area contributed by atoms with E-state index in [0.29, 0.717) is 40.5 Å². The lowest BCUT2D eigenvalue weighted by atomic mass is 10.0. The van der Waals surface area contributed by atoms with Gasteiger partial charge in [0.1, 0.15) is 34.6 Å². The van der Waals surface area contributed by atoms with Crippen LogP contribution in [0.15, 0.2) is 48.8 Å². The summed E-state index contributed by atoms with van der Waals surface area (Å²) in [6.07, 6.45) is 3.44. The Hall–Kier alpha value is -6.11. The Morgan fingerprint density at radius 3 is 2.29 bits per heavy atom. The lowest BCUT2D eigenvalue weighted by Crippen LogP contribution is -2.52. The number of carbonyl (C=O) groups is 3. The highest BCUT2D eigenvalue weighted by Gasteiger charge is 2.41. The van der Waals surface area contributed by atoms with E-state index in [-0.39, 0.29) is 48.0 Å². The van der Waals surface area contributed by atoms with E-state index in [1.54, 1.807) is 18.1 Å². The smallest absolute Gasteiger partial charge is 0.255 e. The fraction of sp³-hybridized carbons (Fsp3) is 0.444. The average Bonchev–Trinajstić information content (AvgIpc) is 3.80. The fourth-order valence-electron chi connectivity index (χ4n) is 9.40. The number of amides is 3. The molecule has 330 valence electrons. The number of nitrogens with one attached hydrogen (secondary N) is 2. The first kappa shape index (κ1) is 42.2. The molecule has 3 fully saturated rings. The van der Waals surface area contributed by atoms with Crippen molar-refractivity contribution in [3.8, 4) is 17.0 Å². The lowest BCUT2D eigenvalue weighted by molar-refractivity contribution is -0.136. The molecule has 3 amide bonds. The third-order valence-corrected chi connectivity index (χ3v) is 12.7. The molecule has 4 aliphatic rings. The summed E-state index contributed by atoms with van der Waals surface area (Å²) >= 11 is 0. The molecule has 1 atom stereocenters. The van der Waals surface area contributed by atoms with Crippen LogP contribution < -0.4 is 20.3 Å². The van der Waals surface area contributed by atoms with Crippen molar-refractivity contribution in [3.05, 3.63) is 82.9 Å². The number of halogens is 2. The SMILES string of the molecule is COc1c(N2CCN(CCN3CCN(Cc4ccc(Nc5ncc(F)c(-c6cc(F)c7nc(C)n(C(C)C)c7c6)n5)nc4)CC3)CC2)ccc2c1CN(C1CCC(=O)NC1=O)C2=O. The maximum absolute atomic E-state index is 15.2. The second-order valence-corrected chi connectivity index (χ2v) is 17.0. The minimum atomic E-state index is -0.667. The summed E-state index contributed by atoms with van der Waals surface area (Å²) in [5, 5.41) is 5.44.